The molecule has 2 aromatic heterocycles. The normalized spacial score (nSPS) is 11.0. The van der Waals surface area contributed by atoms with Gasteiger partial charge in [-0.15, -0.1) is 10.2 Å². The molecule has 11 heteroatoms. The maximum atomic E-state index is 13.8. The quantitative estimate of drug-likeness (QED) is 0.277. The molecule has 2 amide bonds. The molecular weight excluding hydrogens is 483 g/mol. The van der Waals surface area contributed by atoms with Gasteiger partial charge in [0.15, 0.2) is 0 Å². The Morgan fingerprint density at radius 2 is 1.89 bits per heavy atom. The molecule has 0 aliphatic heterocycles. The zero-order chi connectivity index (χ0) is 25.7. The van der Waals surface area contributed by atoms with E-state index in [2.05, 4.69) is 30.6 Å². The molecule has 9 nitrogen and oxygen atoms in total. The molecule has 0 radical (unpaired) electrons. The van der Waals surface area contributed by atoms with E-state index in [0.29, 0.717) is 5.01 Å². The summed E-state index contributed by atoms with van der Waals surface area (Å²) in [4.78, 5) is 24.5. The second-order valence-corrected chi connectivity index (χ2v) is 8.83. The molecule has 184 valence electrons. The summed E-state index contributed by atoms with van der Waals surface area (Å²) in [6.07, 6.45) is 1.51. The number of nitrogens with one attached hydrogen (secondary N) is 2. The Bertz CT molecular complexity index is 1430. The first-order chi connectivity index (χ1) is 17.4. The number of amides is 2. The third-order valence-electron chi connectivity index (χ3n) is 5.31. The summed E-state index contributed by atoms with van der Waals surface area (Å²) in [5, 5.41) is 14.8. The molecule has 2 aromatic carbocycles. The zero-order valence-electron chi connectivity index (χ0n) is 19.8. The lowest BCUT2D eigenvalue weighted by Gasteiger charge is -2.10. The fourth-order valence-electron chi connectivity index (χ4n) is 3.58. The van der Waals surface area contributed by atoms with E-state index in [1.807, 2.05) is 44.2 Å². The van der Waals surface area contributed by atoms with Gasteiger partial charge in [-0.3, -0.25) is 14.9 Å². The van der Waals surface area contributed by atoms with Crippen molar-refractivity contribution in [1.29, 1.82) is 0 Å². The van der Waals surface area contributed by atoms with Crippen LogP contribution in [-0.4, -0.2) is 39.9 Å². The molecule has 0 atom stereocenters. The highest BCUT2D eigenvalue weighted by Gasteiger charge is 2.15. The monoisotopic (exact) mass is 506 g/mol. The van der Waals surface area contributed by atoms with Crippen LogP contribution in [0.1, 0.15) is 32.3 Å². The summed E-state index contributed by atoms with van der Waals surface area (Å²) in [6, 6.07) is 15.3. The molecular formula is C25H23FN6O3S. The molecule has 0 aliphatic carbocycles. The first kappa shape index (κ1) is 24.7. The lowest BCUT2D eigenvalue weighted by atomic mass is 10.2. The lowest BCUT2D eigenvalue weighted by molar-refractivity contribution is -0.120. The predicted molar refractivity (Wildman–Crippen MR) is 135 cm³/mol. The number of anilines is 1. The number of aryl methyl sites for hydroxylation is 1. The predicted octanol–water partition coefficient (Wildman–Crippen LogP) is 4.04. The molecule has 2 heterocycles. The highest BCUT2D eigenvalue weighted by molar-refractivity contribution is 7.15. The van der Waals surface area contributed by atoms with Gasteiger partial charge in [0.05, 0.1) is 25.3 Å². The third kappa shape index (κ3) is 5.63. The van der Waals surface area contributed by atoms with E-state index in [4.69, 9.17) is 4.74 Å². The Morgan fingerprint density at radius 1 is 1.14 bits per heavy atom. The molecule has 0 spiro atoms. The molecule has 4 rings (SSSR count). The van der Waals surface area contributed by atoms with Crippen LogP contribution in [0.25, 0.3) is 5.69 Å². The van der Waals surface area contributed by atoms with Gasteiger partial charge in [-0.05, 0) is 56.3 Å². The van der Waals surface area contributed by atoms with Crippen LogP contribution in [0, 0.1) is 19.7 Å². The van der Waals surface area contributed by atoms with Gasteiger partial charge >= 0.3 is 0 Å². The highest BCUT2D eigenvalue weighted by Crippen LogP contribution is 2.22. The van der Waals surface area contributed by atoms with Gasteiger partial charge in [-0.25, -0.2) is 9.82 Å². The number of benzene rings is 2. The molecule has 4 aromatic rings. The number of methoxy groups -OCH3 is 1. The number of nitrogens with zero attached hydrogens (tertiary/aromatic N) is 4. The van der Waals surface area contributed by atoms with Gasteiger partial charge in [0.1, 0.15) is 16.6 Å². The number of carbonyl (C=O) groups is 2. The van der Waals surface area contributed by atoms with Gasteiger partial charge in [0.25, 0.3) is 5.91 Å². The van der Waals surface area contributed by atoms with Crippen LogP contribution in [-0.2, 0) is 11.2 Å². The summed E-state index contributed by atoms with van der Waals surface area (Å²) >= 11 is 1.03. The van der Waals surface area contributed by atoms with Crippen LogP contribution < -0.4 is 15.5 Å². The SMILES string of the molecule is COc1ccc(-n2c(C)cc(C=NNC(=O)Cc3nnc(NC(=O)c4ccccc4F)s3)c2C)cc1. The summed E-state index contributed by atoms with van der Waals surface area (Å²) in [5.41, 5.74) is 6.21. The Hall–Kier alpha value is -4.38. The van der Waals surface area contributed by atoms with Crippen LogP contribution in [0.5, 0.6) is 5.75 Å². The molecule has 0 saturated carbocycles. The standard InChI is InChI=1S/C25H23FN6O3S/c1-15-12-17(16(2)32(15)18-8-10-19(35-3)11-9-18)14-27-29-22(33)13-23-30-31-25(36-23)28-24(34)20-6-4-5-7-21(20)26/h4-12,14H,13H2,1-3H3,(H,29,33)(H,28,31,34). The molecule has 0 saturated heterocycles. The first-order valence-corrected chi connectivity index (χ1v) is 11.7. The number of ether oxygens (including phenoxy) is 1. The van der Waals surface area contributed by atoms with E-state index in [1.165, 1.54) is 18.2 Å². The highest BCUT2D eigenvalue weighted by atomic mass is 32.1. The van der Waals surface area contributed by atoms with E-state index in [-0.39, 0.29) is 17.1 Å². The first-order valence-electron chi connectivity index (χ1n) is 10.9. The Labute approximate surface area is 210 Å². The number of hydrazone groups is 1. The average molecular weight is 507 g/mol. The molecule has 0 bridgehead atoms. The number of rotatable bonds is 8. The lowest BCUT2D eigenvalue weighted by Crippen LogP contribution is -2.19. The van der Waals surface area contributed by atoms with Crippen molar-refractivity contribution in [2.45, 2.75) is 20.3 Å². The van der Waals surface area contributed by atoms with Crippen molar-refractivity contribution in [2.24, 2.45) is 5.10 Å². The van der Waals surface area contributed by atoms with E-state index >= 15 is 0 Å². The van der Waals surface area contributed by atoms with Gasteiger partial charge in [-0.2, -0.15) is 5.10 Å². The van der Waals surface area contributed by atoms with E-state index < -0.39 is 17.6 Å². The Morgan fingerprint density at radius 3 is 2.61 bits per heavy atom. The van der Waals surface area contributed by atoms with Crippen LogP contribution in [0.3, 0.4) is 0 Å². The van der Waals surface area contributed by atoms with Crippen molar-refractivity contribution in [3.8, 4) is 11.4 Å². The van der Waals surface area contributed by atoms with Crippen molar-refractivity contribution in [3.05, 3.63) is 87.9 Å². The fourth-order valence-corrected chi connectivity index (χ4v) is 4.32. The minimum Gasteiger partial charge on any atom is -0.497 e. The Kier molecular flexibility index (Phi) is 7.50. The van der Waals surface area contributed by atoms with Crippen LogP contribution in [0.4, 0.5) is 9.52 Å². The smallest absolute Gasteiger partial charge is 0.260 e. The number of hydrogen-bond donors (Lipinski definition) is 2. The van der Waals surface area contributed by atoms with Gasteiger partial charge in [0, 0.05) is 22.6 Å². The van der Waals surface area contributed by atoms with Crippen molar-refractivity contribution < 1.29 is 18.7 Å². The van der Waals surface area contributed by atoms with Gasteiger partial charge < -0.3 is 9.30 Å². The van der Waals surface area contributed by atoms with E-state index in [0.717, 1.165) is 39.7 Å². The van der Waals surface area contributed by atoms with Crippen LogP contribution >= 0.6 is 11.3 Å². The largest absolute Gasteiger partial charge is 0.497 e. The molecule has 0 fully saturated rings. The second-order valence-electron chi connectivity index (χ2n) is 7.76. The summed E-state index contributed by atoms with van der Waals surface area (Å²) in [6.45, 7) is 3.96. The maximum absolute atomic E-state index is 13.8. The van der Waals surface area contributed by atoms with Gasteiger partial charge in [0.2, 0.25) is 11.0 Å². The summed E-state index contributed by atoms with van der Waals surface area (Å²) in [7, 11) is 1.63. The number of hydrogen-bond acceptors (Lipinski definition) is 7. The minimum atomic E-state index is -0.642. The van der Waals surface area contributed by atoms with E-state index in [1.54, 1.807) is 19.4 Å². The molecule has 36 heavy (non-hydrogen) atoms. The topological polar surface area (TPSA) is 110 Å². The van der Waals surface area contributed by atoms with Crippen molar-refractivity contribution in [3.63, 3.8) is 0 Å². The van der Waals surface area contributed by atoms with Crippen molar-refractivity contribution >= 4 is 34.5 Å². The second kappa shape index (κ2) is 10.9. The van der Waals surface area contributed by atoms with E-state index in [9.17, 15) is 14.0 Å². The number of carbonyl (C=O) groups excluding carboxylic acids is 2. The summed E-state index contributed by atoms with van der Waals surface area (Å²) in [5.74, 6) is -0.891. The number of aromatic nitrogens is 3. The molecule has 0 aliphatic rings. The molecule has 2 N–H and O–H groups in total. The zero-order valence-corrected chi connectivity index (χ0v) is 20.6. The van der Waals surface area contributed by atoms with Crippen LogP contribution in [0.15, 0.2) is 59.7 Å². The third-order valence-corrected chi connectivity index (χ3v) is 6.15. The maximum Gasteiger partial charge on any atom is 0.260 e. The fraction of sp³-hybridized carbons (Fsp3) is 0.160. The average Bonchev–Trinajstić information content (AvgIpc) is 3.41. The van der Waals surface area contributed by atoms with Crippen molar-refractivity contribution in [1.82, 2.24) is 20.2 Å². The summed E-state index contributed by atoms with van der Waals surface area (Å²) < 4.78 is 21.1. The van der Waals surface area contributed by atoms with Crippen molar-refractivity contribution in [2.75, 3.05) is 12.4 Å². The van der Waals surface area contributed by atoms with Crippen LogP contribution in [0.2, 0.25) is 0 Å². The Balaban J connectivity index is 1.34. The minimum absolute atomic E-state index is 0.0740. The van der Waals surface area contributed by atoms with Gasteiger partial charge in [-0.1, -0.05) is 23.5 Å². The molecule has 0 unspecified atom stereocenters. The number of halogens is 1.